The average Bonchev–Trinajstić information content (AvgIpc) is 2.83. The molecule has 2 nitrogen and oxygen atoms in total. The van der Waals surface area contributed by atoms with Crippen molar-refractivity contribution in [3.8, 4) is 0 Å². The van der Waals surface area contributed by atoms with E-state index >= 15 is 0 Å². The van der Waals surface area contributed by atoms with Crippen LogP contribution in [0.25, 0.3) is 0 Å². The lowest BCUT2D eigenvalue weighted by atomic mass is 10.0. The molecule has 1 saturated heterocycles. The molecule has 1 heterocycles. The summed E-state index contributed by atoms with van der Waals surface area (Å²) < 4.78 is 1.17. The molecular weight excluding hydrogens is 276 g/mol. The van der Waals surface area contributed by atoms with Crippen LogP contribution in [0.1, 0.15) is 31.4 Å². The molecule has 1 aliphatic rings. The van der Waals surface area contributed by atoms with Gasteiger partial charge in [0.2, 0.25) is 0 Å². The third-order valence-electron chi connectivity index (χ3n) is 3.72. The van der Waals surface area contributed by atoms with E-state index in [0.29, 0.717) is 12.1 Å². The molecule has 0 saturated carbocycles. The van der Waals surface area contributed by atoms with Crippen molar-refractivity contribution in [2.24, 2.45) is 0 Å². The van der Waals surface area contributed by atoms with Crippen LogP contribution < -0.4 is 5.32 Å². The van der Waals surface area contributed by atoms with Crippen molar-refractivity contribution in [2.75, 3.05) is 20.1 Å². The first-order chi connectivity index (χ1) is 8.22. The van der Waals surface area contributed by atoms with Crippen molar-refractivity contribution < 1.29 is 0 Å². The highest BCUT2D eigenvalue weighted by Crippen LogP contribution is 2.28. The molecule has 0 bridgehead atoms. The predicted molar refractivity (Wildman–Crippen MR) is 76.2 cm³/mol. The topological polar surface area (TPSA) is 15.3 Å². The average molecular weight is 297 g/mol. The number of likely N-dealkylation sites (N-methyl/N-ethyl adjacent to an activating group) is 1. The van der Waals surface area contributed by atoms with Crippen LogP contribution in [0.4, 0.5) is 0 Å². The first-order valence-corrected chi connectivity index (χ1v) is 7.19. The smallest absolute Gasteiger partial charge is 0.0346 e. The van der Waals surface area contributed by atoms with Crippen LogP contribution in [0.3, 0.4) is 0 Å². The van der Waals surface area contributed by atoms with Crippen LogP contribution in [0.15, 0.2) is 28.7 Å². The molecule has 1 aromatic carbocycles. The Morgan fingerprint density at radius 1 is 1.53 bits per heavy atom. The molecule has 0 aliphatic carbocycles. The van der Waals surface area contributed by atoms with Gasteiger partial charge in [0.1, 0.15) is 0 Å². The molecule has 2 atom stereocenters. The molecule has 1 aromatic rings. The third kappa shape index (κ3) is 3.09. The molecule has 2 rings (SSSR count). The molecule has 1 aliphatic heterocycles. The molecule has 1 N–H and O–H groups in total. The van der Waals surface area contributed by atoms with Crippen LogP contribution in [-0.2, 0) is 0 Å². The highest BCUT2D eigenvalue weighted by atomic mass is 79.9. The van der Waals surface area contributed by atoms with E-state index in [1.165, 1.54) is 16.5 Å². The number of nitrogens with one attached hydrogen (secondary N) is 1. The van der Waals surface area contributed by atoms with Gasteiger partial charge in [-0.1, -0.05) is 35.0 Å². The lowest BCUT2D eigenvalue weighted by molar-refractivity contribution is 0.179. The molecule has 0 radical (unpaired) electrons. The van der Waals surface area contributed by atoms with Gasteiger partial charge in [-0.15, -0.1) is 0 Å². The second kappa shape index (κ2) is 5.98. The quantitative estimate of drug-likeness (QED) is 0.918. The van der Waals surface area contributed by atoms with Crippen molar-refractivity contribution >= 4 is 15.9 Å². The summed E-state index contributed by atoms with van der Waals surface area (Å²) in [7, 11) is 2.26. The van der Waals surface area contributed by atoms with Gasteiger partial charge in [-0.05, 0) is 44.1 Å². The van der Waals surface area contributed by atoms with Crippen molar-refractivity contribution in [2.45, 2.75) is 31.8 Å². The van der Waals surface area contributed by atoms with E-state index in [1.54, 1.807) is 0 Å². The minimum Gasteiger partial charge on any atom is -0.315 e. The number of rotatable bonds is 4. The van der Waals surface area contributed by atoms with Crippen LogP contribution in [0.2, 0.25) is 0 Å². The van der Waals surface area contributed by atoms with Gasteiger partial charge in [-0.2, -0.15) is 0 Å². The molecule has 1 fully saturated rings. The van der Waals surface area contributed by atoms with Gasteiger partial charge in [0.25, 0.3) is 0 Å². The first kappa shape index (κ1) is 13.1. The Bertz CT molecular complexity index is 361. The minimum absolute atomic E-state index is 0.525. The van der Waals surface area contributed by atoms with Crippen LogP contribution in [-0.4, -0.2) is 31.1 Å². The van der Waals surface area contributed by atoms with E-state index in [4.69, 9.17) is 0 Å². The molecule has 2 unspecified atom stereocenters. The number of hydrogen-bond acceptors (Lipinski definition) is 2. The standard InChI is InChI=1S/C14H21BrN2/c1-3-14(11-5-4-6-12(15)9-11)17(2)13-7-8-16-10-13/h4-6,9,13-14,16H,3,7-8,10H2,1-2H3. The Kier molecular flexibility index (Phi) is 4.60. The lowest BCUT2D eigenvalue weighted by Gasteiger charge is -2.32. The highest BCUT2D eigenvalue weighted by Gasteiger charge is 2.25. The van der Waals surface area contributed by atoms with E-state index in [1.807, 2.05) is 0 Å². The van der Waals surface area contributed by atoms with E-state index < -0.39 is 0 Å². The van der Waals surface area contributed by atoms with Crippen molar-refractivity contribution in [3.63, 3.8) is 0 Å². The van der Waals surface area contributed by atoms with Crippen LogP contribution >= 0.6 is 15.9 Å². The minimum atomic E-state index is 0.525. The summed E-state index contributed by atoms with van der Waals surface area (Å²) in [6.07, 6.45) is 2.42. The molecule has 3 heteroatoms. The van der Waals surface area contributed by atoms with E-state index in [2.05, 4.69) is 64.4 Å². The fraction of sp³-hybridized carbons (Fsp3) is 0.571. The summed E-state index contributed by atoms with van der Waals surface area (Å²) in [5, 5.41) is 3.44. The van der Waals surface area contributed by atoms with Gasteiger partial charge in [-0.3, -0.25) is 4.90 Å². The number of nitrogens with zero attached hydrogens (tertiary/aromatic N) is 1. The van der Waals surface area contributed by atoms with E-state index in [9.17, 15) is 0 Å². The van der Waals surface area contributed by atoms with Gasteiger partial charge >= 0.3 is 0 Å². The van der Waals surface area contributed by atoms with Gasteiger partial charge in [-0.25, -0.2) is 0 Å². The Morgan fingerprint density at radius 2 is 2.35 bits per heavy atom. The Balaban J connectivity index is 2.14. The van der Waals surface area contributed by atoms with Gasteiger partial charge in [0.05, 0.1) is 0 Å². The van der Waals surface area contributed by atoms with Gasteiger partial charge < -0.3 is 5.32 Å². The third-order valence-corrected chi connectivity index (χ3v) is 4.22. The fourth-order valence-electron chi connectivity index (χ4n) is 2.71. The molecule has 0 amide bonds. The van der Waals surface area contributed by atoms with Gasteiger partial charge in [0, 0.05) is 23.1 Å². The summed E-state index contributed by atoms with van der Waals surface area (Å²) in [6.45, 7) is 4.55. The van der Waals surface area contributed by atoms with Crippen molar-refractivity contribution in [1.29, 1.82) is 0 Å². The van der Waals surface area contributed by atoms with Gasteiger partial charge in [0.15, 0.2) is 0 Å². The van der Waals surface area contributed by atoms with Crippen LogP contribution in [0, 0.1) is 0 Å². The zero-order chi connectivity index (χ0) is 12.3. The van der Waals surface area contributed by atoms with Crippen molar-refractivity contribution in [1.82, 2.24) is 10.2 Å². The first-order valence-electron chi connectivity index (χ1n) is 6.40. The highest BCUT2D eigenvalue weighted by molar-refractivity contribution is 9.10. The van der Waals surface area contributed by atoms with Crippen molar-refractivity contribution in [3.05, 3.63) is 34.3 Å². The molecule has 0 aromatic heterocycles. The monoisotopic (exact) mass is 296 g/mol. The summed E-state index contributed by atoms with van der Waals surface area (Å²) in [5.41, 5.74) is 1.41. The maximum Gasteiger partial charge on any atom is 0.0346 e. The second-order valence-corrected chi connectivity index (χ2v) is 5.71. The molecule has 0 spiro atoms. The van der Waals surface area contributed by atoms with Crippen LogP contribution in [0.5, 0.6) is 0 Å². The van der Waals surface area contributed by atoms with E-state index in [0.717, 1.165) is 19.5 Å². The fourth-order valence-corrected chi connectivity index (χ4v) is 3.13. The maximum absolute atomic E-state index is 3.56. The largest absolute Gasteiger partial charge is 0.315 e. The number of hydrogen-bond donors (Lipinski definition) is 1. The Hall–Kier alpha value is -0.380. The zero-order valence-electron chi connectivity index (χ0n) is 10.6. The summed E-state index contributed by atoms with van der Waals surface area (Å²) >= 11 is 3.56. The second-order valence-electron chi connectivity index (χ2n) is 4.79. The number of halogens is 1. The summed E-state index contributed by atoms with van der Waals surface area (Å²) in [4.78, 5) is 2.53. The molecule has 17 heavy (non-hydrogen) atoms. The SMILES string of the molecule is CCC(c1cccc(Br)c1)N(C)C1CCNC1. The Morgan fingerprint density at radius 3 is 2.94 bits per heavy atom. The summed E-state index contributed by atoms with van der Waals surface area (Å²) in [6, 6.07) is 9.90. The molecule has 94 valence electrons. The molecular formula is C14H21BrN2. The van der Waals surface area contributed by atoms with E-state index in [-0.39, 0.29) is 0 Å². The Labute approximate surface area is 113 Å². The zero-order valence-corrected chi connectivity index (χ0v) is 12.2. The normalized spacial score (nSPS) is 22.0. The summed E-state index contributed by atoms with van der Waals surface area (Å²) in [5.74, 6) is 0. The predicted octanol–water partition coefficient (Wildman–Crippen LogP) is 3.19. The lowest BCUT2D eigenvalue weighted by Crippen LogP contribution is -2.36. The number of benzene rings is 1. The maximum atomic E-state index is 3.56.